The summed E-state index contributed by atoms with van der Waals surface area (Å²) in [5.41, 5.74) is 7.83. The summed E-state index contributed by atoms with van der Waals surface area (Å²) in [5, 5.41) is 0. The Morgan fingerprint density at radius 3 is 2.59 bits per heavy atom. The van der Waals surface area contributed by atoms with Gasteiger partial charge in [0.25, 0.3) is 0 Å². The molecule has 0 radical (unpaired) electrons. The Bertz CT molecular complexity index is 1100. The molecule has 0 saturated carbocycles. The lowest BCUT2D eigenvalue weighted by atomic mass is 10.0. The molecule has 1 aromatic heterocycles. The lowest BCUT2D eigenvalue weighted by molar-refractivity contribution is -0.127. The van der Waals surface area contributed by atoms with Gasteiger partial charge in [0, 0.05) is 18.6 Å². The molecule has 0 bridgehead atoms. The van der Waals surface area contributed by atoms with Crippen LogP contribution < -0.4 is 0 Å². The molecule has 2 aliphatic heterocycles. The van der Waals surface area contributed by atoms with E-state index in [-0.39, 0.29) is 5.56 Å². The highest BCUT2D eigenvalue weighted by atomic mass is 19.4. The lowest BCUT2D eigenvalue weighted by Gasteiger charge is -2.26. The Kier molecular flexibility index (Phi) is 5.07. The monoisotopic (exact) mass is 390 g/mol. The number of halogens is 3. The van der Waals surface area contributed by atoms with Crippen LogP contribution in [0.2, 0.25) is 0 Å². The molecule has 0 fully saturated rings. The van der Waals surface area contributed by atoms with Crippen molar-refractivity contribution in [1.29, 1.82) is 0 Å². The minimum Gasteiger partial charge on any atom is -0.310 e. The molecular weight excluding hydrogens is 373 g/mol. The van der Waals surface area contributed by atoms with Crippen molar-refractivity contribution in [3.63, 3.8) is 0 Å². The van der Waals surface area contributed by atoms with Gasteiger partial charge >= 0.3 is 6.18 Å². The summed E-state index contributed by atoms with van der Waals surface area (Å²) in [6.45, 7) is 0. The molecule has 2 aliphatic rings. The number of fused-ring (bicyclic) bond motifs is 1. The third kappa shape index (κ3) is 4.48. The fourth-order valence-corrected chi connectivity index (χ4v) is 3.28. The standard InChI is InChI=1S/C24H17F3N2/c25-24(26,27)17-18-4-1-5-21(16-18)23-8-2-7-22-10-9-19(6-3-15-29(22)23)20-11-13-28-14-12-20/h1-6,8-16H,17H2/b10-9-,15-3+,19-6-. The summed E-state index contributed by atoms with van der Waals surface area (Å²) >= 11 is 0. The molecule has 0 atom stereocenters. The molecule has 0 aliphatic carbocycles. The second-order valence-electron chi connectivity index (χ2n) is 6.64. The highest BCUT2D eigenvalue weighted by Crippen LogP contribution is 2.31. The van der Waals surface area contributed by atoms with Crippen molar-refractivity contribution in [3.8, 4) is 0 Å². The fourth-order valence-electron chi connectivity index (χ4n) is 3.28. The minimum absolute atomic E-state index is 0.238. The first-order valence-corrected chi connectivity index (χ1v) is 9.09. The van der Waals surface area contributed by atoms with Crippen LogP contribution in [0, 0.1) is 0 Å². The van der Waals surface area contributed by atoms with E-state index in [0.29, 0.717) is 0 Å². The molecule has 4 rings (SSSR count). The van der Waals surface area contributed by atoms with E-state index in [2.05, 4.69) is 10.7 Å². The number of allylic oxidation sites excluding steroid dienone is 6. The van der Waals surface area contributed by atoms with Crippen molar-refractivity contribution in [2.75, 3.05) is 0 Å². The van der Waals surface area contributed by atoms with Gasteiger partial charge in [0.2, 0.25) is 0 Å². The van der Waals surface area contributed by atoms with E-state index in [4.69, 9.17) is 0 Å². The van der Waals surface area contributed by atoms with E-state index in [1.54, 1.807) is 30.6 Å². The zero-order chi connectivity index (χ0) is 20.3. The summed E-state index contributed by atoms with van der Waals surface area (Å²) in [4.78, 5) is 5.96. The van der Waals surface area contributed by atoms with Crippen LogP contribution in [0.5, 0.6) is 0 Å². The zero-order valence-corrected chi connectivity index (χ0v) is 15.4. The number of pyridine rings is 1. The van der Waals surface area contributed by atoms with Crippen molar-refractivity contribution in [3.05, 3.63) is 120 Å². The summed E-state index contributed by atoms with van der Waals surface area (Å²) in [5.74, 6) is 0. The maximum atomic E-state index is 12.8. The predicted octanol–water partition coefficient (Wildman–Crippen LogP) is 6.05. The van der Waals surface area contributed by atoms with Crippen molar-refractivity contribution in [1.82, 2.24) is 9.88 Å². The molecule has 0 spiro atoms. The number of benzene rings is 1. The molecular formula is C24H17F3N2. The van der Waals surface area contributed by atoms with Crippen molar-refractivity contribution in [2.45, 2.75) is 12.6 Å². The van der Waals surface area contributed by atoms with E-state index in [9.17, 15) is 13.2 Å². The van der Waals surface area contributed by atoms with Gasteiger partial charge in [-0.15, -0.1) is 0 Å². The van der Waals surface area contributed by atoms with Crippen LogP contribution in [0.4, 0.5) is 13.2 Å². The fraction of sp³-hybridized carbons (Fsp3) is 0.0833. The molecule has 3 heterocycles. The quantitative estimate of drug-likeness (QED) is 0.593. The van der Waals surface area contributed by atoms with Crippen molar-refractivity contribution < 1.29 is 13.2 Å². The first-order chi connectivity index (χ1) is 14.0. The van der Waals surface area contributed by atoms with E-state index in [1.165, 1.54) is 6.07 Å². The SMILES string of the molecule is FC(F)(F)Cc1cccc(C2=CC=C=C3\C=C/C(c4ccncc4)=C/C=C/N32)c1. The van der Waals surface area contributed by atoms with Gasteiger partial charge in [-0.05, 0) is 64.8 Å². The molecule has 0 unspecified atom stereocenters. The van der Waals surface area contributed by atoms with Crippen molar-refractivity contribution in [2.24, 2.45) is 0 Å². The number of alkyl halides is 3. The van der Waals surface area contributed by atoms with Gasteiger partial charge in [-0.2, -0.15) is 13.2 Å². The lowest BCUT2D eigenvalue weighted by Crippen LogP contribution is -2.16. The second-order valence-corrected chi connectivity index (χ2v) is 6.64. The largest absolute Gasteiger partial charge is 0.393 e. The molecule has 0 N–H and O–H groups in total. The first-order valence-electron chi connectivity index (χ1n) is 9.09. The van der Waals surface area contributed by atoms with Gasteiger partial charge in [0.15, 0.2) is 0 Å². The van der Waals surface area contributed by atoms with Gasteiger partial charge in [-0.3, -0.25) is 4.98 Å². The van der Waals surface area contributed by atoms with Gasteiger partial charge < -0.3 is 4.90 Å². The van der Waals surface area contributed by atoms with Crippen LogP contribution in [0.15, 0.2) is 103 Å². The van der Waals surface area contributed by atoms with Gasteiger partial charge in [-0.25, -0.2) is 0 Å². The second kappa shape index (κ2) is 7.82. The maximum absolute atomic E-state index is 12.8. The zero-order valence-electron chi connectivity index (χ0n) is 15.4. The number of nitrogens with zero attached hydrogens (tertiary/aromatic N) is 2. The number of aromatic nitrogens is 1. The Labute approximate surface area is 167 Å². The maximum Gasteiger partial charge on any atom is 0.393 e. The average Bonchev–Trinajstić information content (AvgIpc) is 2.68. The van der Waals surface area contributed by atoms with Gasteiger partial charge in [-0.1, -0.05) is 36.1 Å². The first kappa shape index (κ1) is 18.8. The van der Waals surface area contributed by atoms with Crippen LogP contribution in [-0.4, -0.2) is 16.1 Å². The third-order valence-corrected chi connectivity index (χ3v) is 4.56. The number of rotatable bonds is 3. The summed E-state index contributed by atoms with van der Waals surface area (Å²) in [6, 6.07) is 10.4. The Morgan fingerprint density at radius 1 is 0.966 bits per heavy atom. The van der Waals surface area contributed by atoms with Crippen LogP contribution >= 0.6 is 0 Å². The van der Waals surface area contributed by atoms with E-state index >= 15 is 0 Å². The topological polar surface area (TPSA) is 16.1 Å². The van der Waals surface area contributed by atoms with Crippen LogP contribution in [0.1, 0.15) is 16.7 Å². The van der Waals surface area contributed by atoms with E-state index in [1.807, 2.05) is 59.7 Å². The van der Waals surface area contributed by atoms with Gasteiger partial charge in [0.1, 0.15) is 0 Å². The predicted molar refractivity (Wildman–Crippen MR) is 108 cm³/mol. The number of hydrogen-bond acceptors (Lipinski definition) is 2. The third-order valence-electron chi connectivity index (χ3n) is 4.56. The Morgan fingerprint density at radius 2 is 1.79 bits per heavy atom. The molecule has 1 aromatic carbocycles. The summed E-state index contributed by atoms with van der Waals surface area (Å²) in [6.07, 6.45) is 11.7. The molecule has 0 amide bonds. The normalized spacial score (nSPS) is 19.8. The molecule has 5 heteroatoms. The van der Waals surface area contributed by atoms with Crippen molar-refractivity contribution >= 4 is 11.3 Å². The molecule has 2 nitrogen and oxygen atoms in total. The molecule has 144 valence electrons. The minimum atomic E-state index is -4.23. The highest BCUT2D eigenvalue weighted by Gasteiger charge is 2.28. The summed E-state index contributed by atoms with van der Waals surface area (Å²) < 4.78 is 38.4. The smallest absolute Gasteiger partial charge is 0.310 e. The average molecular weight is 390 g/mol. The number of hydrogen-bond donors (Lipinski definition) is 0. The Hall–Kier alpha value is -3.56. The Balaban J connectivity index is 1.66. The summed E-state index contributed by atoms with van der Waals surface area (Å²) in [7, 11) is 0. The van der Waals surface area contributed by atoms with Crippen LogP contribution in [0.25, 0.3) is 11.3 Å². The molecule has 2 aromatic rings. The van der Waals surface area contributed by atoms with Crippen LogP contribution in [0.3, 0.4) is 0 Å². The molecule has 29 heavy (non-hydrogen) atoms. The van der Waals surface area contributed by atoms with Crippen LogP contribution in [-0.2, 0) is 6.42 Å². The van der Waals surface area contributed by atoms with E-state index in [0.717, 1.165) is 28.1 Å². The van der Waals surface area contributed by atoms with E-state index < -0.39 is 12.6 Å². The molecule has 0 saturated heterocycles. The highest BCUT2D eigenvalue weighted by molar-refractivity contribution is 5.77. The van der Waals surface area contributed by atoms with Gasteiger partial charge in [0.05, 0.1) is 17.8 Å².